The van der Waals surface area contributed by atoms with Crippen molar-refractivity contribution in [2.75, 3.05) is 24.3 Å². The summed E-state index contributed by atoms with van der Waals surface area (Å²) in [6.45, 7) is 1.06. The number of hydrogen-bond acceptors (Lipinski definition) is 7. The smallest absolute Gasteiger partial charge is 0.277 e. The van der Waals surface area contributed by atoms with Crippen molar-refractivity contribution in [1.29, 1.82) is 0 Å². The van der Waals surface area contributed by atoms with E-state index in [0.717, 1.165) is 29.9 Å². The van der Waals surface area contributed by atoms with E-state index in [9.17, 15) is 13.6 Å². The van der Waals surface area contributed by atoms with Crippen LogP contribution in [-0.4, -0.2) is 40.0 Å². The fraction of sp³-hybridized carbons (Fsp3) is 0.278. The Bertz CT molecular complexity index is 1040. The number of nitrogens with one attached hydrogen (secondary N) is 1. The van der Waals surface area contributed by atoms with Gasteiger partial charge < -0.3 is 20.5 Å². The van der Waals surface area contributed by atoms with Gasteiger partial charge in [-0.15, -0.1) is 0 Å². The molecule has 1 aliphatic rings. The van der Waals surface area contributed by atoms with Crippen LogP contribution in [0.3, 0.4) is 0 Å². The van der Waals surface area contributed by atoms with Gasteiger partial charge in [0.2, 0.25) is 5.88 Å². The Kier molecular flexibility index (Phi) is 5.16. The van der Waals surface area contributed by atoms with E-state index in [-0.39, 0.29) is 27.4 Å². The van der Waals surface area contributed by atoms with Gasteiger partial charge in [-0.05, 0) is 12.1 Å². The highest BCUT2D eigenvalue weighted by Gasteiger charge is 2.25. The fourth-order valence-electron chi connectivity index (χ4n) is 2.90. The number of nitrogens with two attached hydrogens (primary N) is 1. The number of aromatic nitrogens is 3. The third kappa shape index (κ3) is 3.78. The van der Waals surface area contributed by atoms with E-state index in [1.165, 1.54) is 16.9 Å². The zero-order valence-corrected chi connectivity index (χ0v) is 16.1. The predicted molar refractivity (Wildman–Crippen MR) is 103 cm³/mol. The highest BCUT2D eigenvalue weighted by Crippen LogP contribution is 2.34. The lowest BCUT2D eigenvalue weighted by Gasteiger charge is -2.13. The Morgan fingerprint density at radius 2 is 2.17 bits per heavy atom. The van der Waals surface area contributed by atoms with Gasteiger partial charge in [-0.3, -0.25) is 4.79 Å². The van der Waals surface area contributed by atoms with Crippen molar-refractivity contribution in [2.45, 2.75) is 12.5 Å². The van der Waals surface area contributed by atoms with Gasteiger partial charge in [-0.25, -0.2) is 18.4 Å². The Balaban J connectivity index is 1.58. The topological polar surface area (TPSA) is 104 Å². The first kappa shape index (κ1) is 19.3. The van der Waals surface area contributed by atoms with Gasteiger partial charge in [-0.1, -0.05) is 17.4 Å². The van der Waals surface area contributed by atoms with E-state index in [0.29, 0.717) is 24.8 Å². The quantitative estimate of drug-likeness (QED) is 0.657. The average molecular weight is 421 g/mol. The molecule has 1 aromatic carbocycles. The van der Waals surface area contributed by atoms with Gasteiger partial charge in [0.25, 0.3) is 5.91 Å². The summed E-state index contributed by atoms with van der Waals surface area (Å²) < 4.78 is 40.7. The van der Waals surface area contributed by atoms with Gasteiger partial charge >= 0.3 is 0 Å². The molecule has 1 saturated heterocycles. The van der Waals surface area contributed by atoms with Crippen molar-refractivity contribution in [3.05, 3.63) is 41.7 Å². The number of amides is 1. The fourth-order valence-corrected chi connectivity index (χ4v) is 3.78. The predicted octanol–water partition coefficient (Wildman–Crippen LogP) is 2.82. The number of thiazole rings is 1. The molecule has 0 unspecified atom stereocenters. The van der Waals surface area contributed by atoms with E-state index in [1.54, 1.807) is 7.05 Å². The maximum absolute atomic E-state index is 14.0. The van der Waals surface area contributed by atoms with Crippen molar-refractivity contribution >= 4 is 27.9 Å². The summed E-state index contributed by atoms with van der Waals surface area (Å²) in [6, 6.07) is 3.47. The summed E-state index contributed by atoms with van der Waals surface area (Å²) in [6.07, 6.45) is 2.03. The molecule has 29 heavy (non-hydrogen) atoms. The molecular weight excluding hydrogens is 404 g/mol. The molecule has 1 atom stereocenters. The Morgan fingerprint density at radius 3 is 2.86 bits per heavy atom. The van der Waals surface area contributed by atoms with Crippen LogP contribution < -0.4 is 15.8 Å². The van der Waals surface area contributed by atoms with Crippen LogP contribution >= 0.6 is 11.3 Å². The van der Waals surface area contributed by atoms with E-state index < -0.39 is 17.5 Å². The highest BCUT2D eigenvalue weighted by molar-refractivity contribution is 7.19. The van der Waals surface area contributed by atoms with Crippen LogP contribution in [0.4, 0.5) is 19.5 Å². The number of nitrogen functional groups attached to an aromatic ring is 1. The zero-order valence-electron chi connectivity index (χ0n) is 15.3. The summed E-state index contributed by atoms with van der Waals surface area (Å²) >= 11 is 0.827. The lowest BCUT2D eigenvalue weighted by atomic mass is 10.2. The molecule has 0 spiro atoms. The first-order valence-corrected chi connectivity index (χ1v) is 9.54. The van der Waals surface area contributed by atoms with Gasteiger partial charge in [0.15, 0.2) is 5.69 Å². The minimum absolute atomic E-state index is 0.0194. The lowest BCUT2D eigenvalue weighted by molar-refractivity contribution is 0.102. The molecule has 1 fully saturated rings. The third-order valence-corrected chi connectivity index (χ3v) is 5.25. The molecule has 152 valence electrons. The van der Waals surface area contributed by atoms with Crippen molar-refractivity contribution in [3.63, 3.8) is 0 Å². The normalized spacial score (nSPS) is 16.2. The molecule has 3 aromatic rings. The number of anilines is 2. The monoisotopic (exact) mass is 421 g/mol. The number of nitrogens with zero attached hydrogens (tertiary/aromatic N) is 3. The van der Waals surface area contributed by atoms with Crippen molar-refractivity contribution < 1.29 is 23.0 Å². The van der Waals surface area contributed by atoms with Crippen LogP contribution in [0.15, 0.2) is 24.4 Å². The van der Waals surface area contributed by atoms with Gasteiger partial charge in [0, 0.05) is 13.5 Å². The Hall–Kier alpha value is -3.05. The highest BCUT2D eigenvalue weighted by atomic mass is 32.1. The van der Waals surface area contributed by atoms with Crippen LogP contribution in [0.25, 0.3) is 10.6 Å². The Labute approximate surface area is 168 Å². The van der Waals surface area contributed by atoms with Gasteiger partial charge in [0.05, 0.1) is 25.0 Å². The number of carbonyl (C=O) groups is 1. The minimum atomic E-state index is -0.785. The maximum Gasteiger partial charge on any atom is 0.277 e. The molecule has 0 radical (unpaired) electrons. The number of halogens is 2. The molecule has 3 heterocycles. The van der Waals surface area contributed by atoms with E-state index in [2.05, 4.69) is 15.4 Å². The first-order chi connectivity index (χ1) is 13.9. The molecule has 8 nitrogen and oxygen atoms in total. The van der Waals surface area contributed by atoms with E-state index in [4.69, 9.17) is 15.2 Å². The molecule has 1 amide bonds. The van der Waals surface area contributed by atoms with Crippen molar-refractivity contribution in [3.8, 4) is 16.5 Å². The number of benzene rings is 1. The number of rotatable bonds is 5. The van der Waals surface area contributed by atoms with Crippen molar-refractivity contribution in [2.24, 2.45) is 7.05 Å². The molecule has 2 aromatic heterocycles. The summed E-state index contributed by atoms with van der Waals surface area (Å²) in [5.74, 6) is -1.84. The second-order valence-corrected chi connectivity index (χ2v) is 7.40. The SMILES string of the molecule is Cn1ncc(NC(=O)c2nc(-c3c(F)cccc3F)sc2N)c1O[C@H]1CCOC1. The number of aryl methyl sites for hydroxylation is 1. The second kappa shape index (κ2) is 7.76. The largest absolute Gasteiger partial charge is 0.471 e. The van der Waals surface area contributed by atoms with Gasteiger partial charge in [0.1, 0.15) is 33.4 Å². The molecule has 0 aliphatic carbocycles. The lowest BCUT2D eigenvalue weighted by Crippen LogP contribution is -2.20. The van der Waals surface area contributed by atoms with Crippen LogP contribution in [0, 0.1) is 11.6 Å². The Morgan fingerprint density at radius 1 is 1.41 bits per heavy atom. The van der Waals surface area contributed by atoms with Crippen LogP contribution in [0.1, 0.15) is 16.9 Å². The van der Waals surface area contributed by atoms with Crippen LogP contribution in [0.2, 0.25) is 0 Å². The summed E-state index contributed by atoms with van der Waals surface area (Å²) in [5, 5.41) is 6.75. The molecule has 0 bridgehead atoms. The number of ether oxygens (including phenoxy) is 2. The third-order valence-electron chi connectivity index (χ3n) is 4.34. The maximum atomic E-state index is 14.0. The number of carbonyl (C=O) groups excluding carboxylic acids is 1. The molecule has 3 N–H and O–H groups in total. The molecule has 11 heteroatoms. The second-order valence-electron chi connectivity index (χ2n) is 6.37. The summed E-state index contributed by atoms with van der Waals surface area (Å²) in [7, 11) is 1.68. The molecule has 4 rings (SSSR count). The standard InChI is InChI=1S/C18H17F2N5O3S/c1-25-18(28-9-5-6-27-8-9)12(7-22-25)23-16(26)14-15(21)29-17(24-14)13-10(19)3-2-4-11(13)20/h2-4,7,9H,5-6,8,21H2,1H3,(H,23,26)/t9-/m0/s1. The van der Waals surface area contributed by atoms with E-state index >= 15 is 0 Å². The van der Waals surface area contributed by atoms with Crippen molar-refractivity contribution in [1.82, 2.24) is 14.8 Å². The zero-order chi connectivity index (χ0) is 20.5. The first-order valence-electron chi connectivity index (χ1n) is 8.72. The van der Waals surface area contributed by atoms with E-state index in [1.807, 2.05) is 0 Å². The van der Waals surface area contributed by atoms with Gasteiger partial charge in [-0.2, -0.15) is 5.10 Å². The van der Waals surface area contributed by atoms with Crippen LogP contribution in [-0.2, 0) is 11.8 Å². The van der Waals surface area contributed by atoms with Crippen LogP contribution in [0.5, 0.6) is 5.88 Å². The minimum Gasteiger partial charge on any atom is -0.471 e. The number of hydrogen-bond donors (Lipinski definition) is 2. The molecular formula is C18H17F2N5O3S. The molecule has 1 aliphatic heterocycles. The average Bonchev–Trinajstić information content (AvgIpc) is 3.39. The summed E-state index contributed by atoms with van der Waals surface area (Å²) in [5.41, 5.74) is 5.76. The summed E-state index contributed by atoms with van der Waals surface area (Å²) in [4.78, 5) is 16.7. The molecule has 0 saturated carbocycles.